The van der Waals surface area contributed by atoms with Gasteiger partial charge >= 0.3 is 0 Å². The van der Waals surface area contributed by atoms with Gasteiger partial charge in [-0.15, -0.1) is 11.3 Å². The molecule has 1 aliphatic heterocycles. The van der Waals surface area contributed by atoms with Gasteiger partial charge in [0.1, 0.15) is 5.82 Å². The summed E-state index contributed by atoms with van der Waals surface area (Å²) in [5.74, 6) is 1.00. The first-order valence-electron chi connectivity index (χ1n) is 10.7. The molecule has 0 spiro atoms. The Hall–Kier alpha value is -2.77. The maximum Gasteiger partial charge on any atom is 0.230 e. The van der Waals surface area contributed by atoms with E-state index in [2.05, 4.69) is 32.8 Å². The molecule has 3 heterocycles. The minimum atomic E-state index is 0.0163. The van der Waals surface area contributed by atoms with Crippen LogP contribution in [0.4, 0.5) is 17.2 Å². The fraction of sp³-hybridized carbons (Fsp3) is 0.375. The highest BCUT2D eigenvalue weighted by molar-refractivity contribution is 7.09. The fourth-order valence-corrected chi connectivity index (χ4v) is 5.16. The van der Waals surface area contributed by atoms with Crippen LogP contribution < -0.4 is 10.2 Å². The van der Waals surface area contributed by atoms with Crippen LogP contribution in [0.1, 0.15) is 36.3 Å². The minimum absolute atomic E-state index is 0.0163. The summed E-state index contributed by atoms with van der Waals surface area (Å²) in [6.45, 7) is 2.51. The molecule has 6 nitrogen and oxygen atoms in total. The average Bonchev–Trinajstić information content (AvgIpc) is 3.17. The van der Waals surface area contributed by atoms with Crippen molar-refractivity contribution in [1.82, 2.24) is 9.97 Å². The number of aromatic nitrogens is 2. The third kappa shape index (κ3) is 3.95. The molecule has 7 heteroatoms. The van der Waals surface area contributed by atoms with Gasteiger partial charge in [0.15, 0.2) is 0 Å². The highest BCUT2D eigenvalue weighted by Gasteiger charge is 2.33. The van der Waals surface area contributed by atoms with E-state index in [9.17, 15) is 4.79 Å². The first-order valence-corrected chi connectivity index (χ1v) is 11.6. The lowest BCUT2D eigenvalue weighted by molar-refractivity contribution is -0.124. The molecule has 2 aromatic heterocycles. The first kappa shape index (κ1) is 20.2. The molecule has 31 heavy (non-hydrogen) atoms. The van der Waals surface area contributed by atoms with Crippen LogP contribution in [0, 0.1) is 12.8 Å². The highest BCUT2D eigenvalue weighted by atomic mass is 32.1. The lowest BCUT2D eigenvalue weighted by Crippen LogP contribution is -2.38. The summed E-state index contributed by atoms with van der Waals surface area (Å²) in [4.78, 5) is 24.8. The Balaban J connectivity index is 1.54. The van der Waals surface area contributed by atoms with Crippen molar-refractivity contribution in [2.45, 2.75) is 45.3 Å². The SMILES string of the molecule is COC1CCC(C(=O)N2Cc3cccnc3Nc3ccc(-c4csc(C)n4)cc32)CC1. The number of carbonyl (C=O) groups is 1. The van der Waals surface area contributed by atoms with E-state index >= 15 is 0 Å². The molecule has 1 aliphatic carbocycles. The second-order valence-corrected chi connectivity index (χ2v) is 9.32. The second kappa shape index (κ2) is 8.40. The van der Waals surface area contributed by atoms with Crippen LogP contribution >= 0.6 is 11.3 Å². The summed E-state index contributed by atoms with van der Waals surface area (Å²) in [7, 11) is 1.76. The number of carbonyl (C=O) groups excluding carboxylic acids is 1. The van der Waals surface area contributed by atoms with Gasteiger partial charge < -0.3 is 15.0 Å². The van der Waals surface area contributed by atoms with Gasteiger partial charge in [0, 0.05) is 35.7 Å². The number of anilines is 3. The van der Waals surface area contributed by atoms with Gasteiger partial charge in [0.2, 0.25) is 5.91 Å². The Morgan fingerprint density at radius 1 is 1.23 bits per heavy atom. The van der Waals surface area contributed by atoms with Gasteiger partial charge in [-0.25, -0.2) is 9.97 Å². The van der Waals surface area contributed by atoms with Crippen molar-refractivity contribution in [2.75, 3.05) is 17.3 Å². The van der Waals surface area contributed by atoms with Gasteiger partial charge in [-0.3, -0.25) is 4.79 Å². The molecule has 0 atom stereocenters. The van der Waals surface area contributed by atoms with Gasteiger partial charge in [-0.1, -0.05) is 12.1 Å². The summed E-state index contributed by atoms with van der Waals surface area (Å²) in [5.41, 5.74) is 4.76. The van der Waals surface area contributed by atoms with Crippen molar-refractivity contribution in [1.29, 1.82) is 0 Å². The summed E-state index contributed by atoms with van der Waals surface area (Å²) in [6.07, 6.45) is 5.64. The van der Waals surface area contributed by atoms with Crippen LogP contribution in [0.2, 0.25) is 0 Å². The lowest BCUT2D eigenvalue weighted by atomic mass is 9.86. The predicted molar refractivity (Wildman–Crippen MR) is 124 cm³/mol. The standard InChI is InChI=1S/C24H26N4O2S/c1-15-26-21(14-31-15)17-7-10-20-22(12-17)28(13-18-4-3-11-25-23(18)27-20)24(29)16-5-8-19(30-2)9-6-16/h3-4,7,10-12,14,16,19H,5-6,8-9,13H2,1-2H3,(H,25,27). The van der Waals surface area contributed by atoms with E-state index in [1.165, 1.54) is 0 Å². The van der Waals surface area contributed by atoms with Crippen molar-refractivity contribution in [3.05, 3.63) is 52.5 Å². The molecule has 1 amide bonds. The molecular weight excluding hydrogens is 408 g/mol. The number of nitrogens with zero attached hydrogens (tertiary/aromatic N) is 3. The smallest absolute Gasteiger partial charge is 0.230 e. The molecule has 0 unspecified atom stereocenters. The Labute approximate surface area is 186 Å². The zero-order valence-electron chi connectivity index (χ0n) is 17.8. The molecule has 1 aromatic carbocycles. The van der Waals surface area contributed by atoms with E-state index in [4.69, 9.17) is 4.74 Å². The number of methoxy groups -OCH3 is 1. The number of amides is 1. The molecule has 1 saturated carbocycles. The van der Waals surface area contributed by atoms with Crippen LogP contribution in [0.25, 0.3) is 11.3 Å². The largest absolute Gasteiger partial charge is 0.381 e. The molecule has 0 saturated heterocycles. The zero-order valence-corrected chi connectivity index (χ0v) is 18.6. The van der Waals surface area contributed by atoms with E-state index in [-0.39, 0.29) is 17.9 Å². The minimum Gasteiger partial charge on any atom is -0.381 e. The molecular formula is C24H26N4O2S. The molecule has 1 fully saturated rings. The van der Waals surface area contributed by atoms with Crippen molar-refractivity contribution in [3.8, 4) is 11.3 Å². The van der Waals surface area contributed by atoms with Crippen LogP contribution in [0.5, 0.6) is 0 Å². The third-order valence-corrected chi connectivity index (χ3v) is 7.07. The van der Waals surface area contributed by atoms with Crippen molar-refractivity contribution in [3.63, 3.8) is 0 Å². The summed E-state index contributed by atoms with van der Waals surface area (Å²) in [6, 6.07) is 10.1. The molecule has 0 radical (unpaired) electrons. The summed E-state index contributed by atoms with van der Waals surface area (Å²) >= 11 is 1.63. The number of fused-ring (bicyclic) bond motifs is 2. The number of hydrogen-bond donors (Lipinski definition) is 1. The summed E-state index contributed by atoms with van der Waals surface area (Å²) in [5, 5.41) is 6.54. The topological polar surface area (TPSA) is 67.3 Å². The average molecular weight is 435 g/mol. The molecule has 3 aromatic rings. The van der Waals surface area contributed by atoms with E-state index < -0.39 is 0 Å². The quantitative estimate of drug-likeness (QED) is 0.605. The van der Waals surface area contributed by atoms with Crippen LogP contribution in [-0.4, -0.2) is 29.1 Å². The Morgan fingerprint density at radius 3 is 2.81 bits per heavy atom. The number of rotatable bonds is 3. The van der Waals surface area contributed by atoms with E-state index in [0.29, 0.717) is 6.54 Å². The van der Waals surface area contributed by atoms with Gasteiger partial charge in [-0.2, -0.15) is 0 Å². The predicted octanol–water partition coefficient (Wildman–Crippen LogP) is 5.31. The van der Waals surface area contributed by atoms with Crippen molar-refractivity contribution >= 4 is 34.4 Å². The van der Waals surface area contributed by atoms with Crippen LogP contribution in [-0.2, 0) is 16.1 Å². The monoisotopic (exact) mass is 434 g/mol. The number of thiazole rings is 1. The van der Waals surface area contributed by atoms with Crippen LogP contribution in [0.3, 0.4) is 0 Å². The molecule has 1 N–H and O–H groups in total. The molecule has 5 rings (SSSR count). The van der Waals surface area contributed by atoms with Gasteiger partial charge in [-0.05, 0) is 50.8 Å². The number of nitrogens with one attached hydrogen (secondary N) is 1. The van der Waals surface area contributed by atoms with E-state index in [1.54, 1.807) is 24.6 Å². The molecule has 0 bridgehead atoms. The van der Waals surface area contributed by atoms with Gasteiger partial charge in [0.05, 0.1) is 34.7 Å². The Morgan fingerprint density at radius 2 is 2.06 bits per heavy atom. The highest BCUT2D eigenvalue weighted by Crippen LogP contribution is 2.40. The van der Waals surface area contributed by atoms with Crippen LogP contribution in [0.15, 0.2) is 41.9 Å². The fourth-order valence-electron chi connectivity index (χ4n) is 4.54. The van der Waals surface area contributed by atoms with Crippen molar-refractivity contribution < 1.29 is 9.53 Å². The number of aryl methyl sites for hydroxylation is 1. The second-order valence-electron chi connectivity index (χ2n) is 8.25. The molecule has 160 valence electrons. The lowest BCUT2D eigenvalue weighted by Gasteiger charge is -2.32. The van der Waals surface area contributed by atoms with E-state index in [0.717, 1.165) is 64.7 Å². The van der Waals surface area contributed by atoms with Gasteiger partial charge in [0.25, 0.3) is 0 Å². The van der Waals surface area contributed by atoms with Crippen molar-refractivity contribution in [2.24, 2.45) is 5.92 Å². The van der Waals surface area contributed by atoms with E-state index in [1.807, 2.05) is 30.0 Å². The maximum atomic E-state index is 13.7. The normalized spacial score (nSPS) is 20.4. The number of benzene rings is 1. The molecule has 2 aliphatic rings. The number of ether oxygens (including phenoxy) is 1. The first-order chi connectivity index (χ1) is 15.1. The number of pyridine rings is 1. The maximum absolute atomic E-state index is 13.7. The number of hydrogen-bond acceptors (Lipinski definition) is 6. The third-order valence-electron chi connectivity index (χ3n) is 6.30. The Kier molecular flexibility index (Phi) is 5.46. The summed E-state index contributed by atoms with van der Waals surface area (Å²) < 4.78 is 5.50. The Bertz CT molecular complexity index is 1100. The zero-order chi connectivity index (χ0) is 21.4.